The number of fused-ring (bicyclic) bond motifs is 3. The Bertz CT molecular complexity index is 1340. The van der Waals surface area contributed by atoms with Gasteiger partial charge in [0.1, 0.15) is 12.2 Å². The lowest BCUT2D eigenvalue weighted by molar-refractivity contribution is -0.137. The lowest BCUT2D eigenvalue weighted by atomic mass is 9.77. The van der Waals surface area contributed by atoms with Crippen molar-refractivity contribution < 1.29 is 47.6 Å². The molecule has 1 fully saturated rings. The first kappa shape index (κ1) is 28.9. The molecule has 2 aliphatic carbocycles. The minimum atomic E-state index is -4.56. The van der Waals surface area contributed by atoms with Crippen LogP contribution >= 0.6 is 0 Å². The van der Waals surface area contributed by atoms with Crippen LogP contribution in [0.25, 0.3) is 0 Å². The fourth-order valence-corrected chi connectivity index (χ4v) is 5.51. The molecule has 4 N–H and O–H groups in total. The normalized spacial score (nSPS) is 23.1. The van der Waals surface area contributed by atoms with Gasteiger partial charge in [-0.1, -0.05) is 0 Å². The molecule has 41 heavy (non-hydrogen) atoms. The van der Waals surface area contributed by atoms with E-state index in [4.69, 9.17) is 9.47 Å². The van der Waals surface area contributed by atoms with Crippen molar-refractivity contribution in [3.8, 4) is 11.5 Å². The van der Waals surface area contributed by atoms with Crippen molar-refractivity contribution in [3.63, 3.8) is 0 Å². The van der Waals surface area contributed by atoms with Crippen LogP contribution < -0.4 is 14.8 Å². The van der Waals surface area contributed by atoms with Gasteiger partial charge in [-0.2, -0.15) is 13.2 Å². The molecular weight excluding hydrogens is 545 g/mol. The van der Waals surface area contributed by atoms with Crippen LogP contribution in [-0.2, 0) is 17.6 Å². The van der Waals surface area contributed by atoms with Crippen LogP contribution in [0.1, 0.15) is 45.8 Å². The number of hydrogen-bond donors (Lipinski definition) is 4. The van der Waals surface area contributed by atoms with Gasteiger partial charge in [0, 0.05) is 29.8 Å². The van der Waals surface area contributed by atoms with Crippen LogP contribution in [0.3, 0.4) is 0 Å². The maximum absolute atomic E-state index is 13.7. The zero-order valence-corrected chi connectivity index (χ0v) is 22.2. The van der Waals surface area contributed by atoms with Crippen LogP contribution in [0.5, 0.6) is 11.5 Å². The predicted octanol–water partition coefficient (Wildman–Crippen LogP) is 2.38. The van der Waals surface area contributed by atoms with E-state index in [1.807, 2.05) is 0 Å². The minimum Gasteiger partial charge on any atom is -0.493 e. The van der Waals surface area contributed by atoms with Crippen LogP contribution in [0, 0.1) is 5.92 Å². The quantitative estimate of drug-likeness (QED) is 0.361. The number of nitrogens with one attached hydrogen (secondary N) is 1. The number of benzene rings is 2. The molecule has 0 unspecified atom stereocenters. The fraction of sp³-hybridized carbons (Fsp3) is 0.448. The standard InChI is InChI=1S/C29H31F3N2O7/c1-40-22-11-16(14-36)10-19-23-20(27(38)33-8-9-35)12-21(24(37)26(23)41-25(19)22)34(13-15-2-3-15)28(39)17-4-6-18(7-5-17)29(30,31)32/h4-7,10-12,15,21,23-24,26,35-37H,2-3,8-9,13-14H2,1H3,(H,33,38)/t21-,23+,24+,26+/m1/s1. The SMILES string of the molecule is COc1cc(CO)cc2c1O[C@@H]1[C@@H](O)[C@H](N(CC3CC3)C(=O)c3ccc(C(F)(F)F)cc3)C=C(C(=O)NCCO)[C@H]21. The number of alkyl halides is 3. The highest BCUT2D eigenvalue weighted by Crippen LogP contribution is 2.51. The Balaban J connectivity index is 1.56. The molecule has 3 aliphatic rings. The van der Waals surface area contributed by atoms with E-state index in [0.29, 0.717) is 22.6 Å². The van der Waals surface area contributed by atoms with Crippen molar-refractivity contribution >= 4 is 11.8 Å². The summed E-state index contributed by atoms with van der Waals surface area (Å²) in [6.45, 7) is -0.426. The predicted molar refractivity (Wildman–Crippen MR) is 139 cm³/mol. The highest BCUT2D eigenvalue weighted by atomic mass is 19.4. The monoisotopic (exact) mass is 576 g/mol. The number of aliphatic hydroxyl groups excluding tert-OH is 3. The zero-order valence-electron chi connectivity index (χ0n) is 22.2. The van der Waals surface area contributed by atoms with Crippen LogP contribution in [0.4, 0.5) is 13.2 Å². The Kier molecular flexibility index (Phi) is 8.00. The van der Waals surface area contributed by atoms with E-state index >= 15 is 0 Å². The van der Waals surface area contributed by atoms with E-state index in [1.54, 1.807) is 12.1 Å². The second-order valence-corrected chi connectivity index (χ2v) is 10.5. The highest BCUT2D eigenvalue weighted by molar-refractivity contribution is 5.97. The second-order valence-electron chi connectivity index (χ2n) is 10.5. The number of rotatable bonds is 9. The van der Waals surface area contributed by atoms with E-state index in [9.17, 15) is 38.1 Å². The minimum absolute atomic E-state index is 0.0116. The van der Waals surface area contributed by atoms with E-state index < -0.39 is 47.7 Å². The number of aliphatic hydroxyl groups is 3. The van der Waals surface area contributed by atoms with Gasteiger partial charge in [-0.15, -0.1) is 0 Å². The number of nitrogens with zero attached hydrogens (tertiary/aromatic N) is 1. The summed E-state index contributed by atoms with van der Waals surface area (Å²) < 4.78 is 51.0. The summed E-state index contributed by atoms with van der Waals surface area (Å²) in [5.74, 6) is -1.16. The van der Waals surface area contributed by atoms with Gasteiger partial charge in [0.15, 0.2) is 11.5 Å². The third kappa shape index (κ3) is 5.64. The van der Waals surface area contributed by atoms with Crippen LogP contribution in [0.2, 0.25) is 0 Å². The first-order chi connectivity index (χ1) is 19.6. The Labute approximate surface area is 234 Å². The lowest BCUT2D eigenvalue weighted by Crippen LogP contribution is -2.56. The zero-order chi connectivity index (χ0) is 29.5. The van der Waals surface area contributed by atoms with Crippen molar-refractivity contribution in [3.05, 3.63) is 70.3 Å². The highest BCUT2D eigenvalue weighted by Gasteiger charge is 2.52. The number of halogens is 3. The molecule has 2 aromatic rings. The molecule has 12 heteroatoms. The Morgan fingerprint density at radius 3 is 2.44 bits per heavy atom. The molecule has 5 rings (SSSR count). The number of methoxy groups -OCH3 is 1. The van der Waals surface area contributed by atoms with E-state index in [2.05, 4.69) is 5.32 Å². The smallest absolute Gasteiger partial charge is 0.416 e. The Morgan fingerprint density at radius 1 is 1.15 bits per heavy atom. The van der Waals surface area contributed by atoms with Crippen molar-refractivity contribution in [2.75, 3.05) is 26.8 Å². The van der Waals surface area contributed by atoms with Gasteiger partial charge in [-0.3, -0.25) is 9.59 Å². The summed E-state index contributed by atoms with van der Waals surface area (Å²) in [5, 5.41) is 33.4. The van der Waals surface area contributed by atoms with Gasteiger partial charge in [0.25, 0.3) is 5.91 Å². The average Bonchev–Trinajstić information content (AvgIpc) is 3.71. The topological polar surface area (TPSA) is 129 Å². The summed E-state index contributed by atoms with van der Waals surface area (Å²) in [6.07, 6.45) is -3.69. The van der Waals surface area contributed by atoms with E-state index in [-0.39, 0.29) is 43.4 Å². The molecular formula is C29H31F3N2O7. The molecule has 0 spiro atoms. The maximum Gasteiger partial charge on any atom is 0.416 e. The van der Waals surface area contributed by atoms with Crippen molar-refractivity contribution in [1.29, 1.82) is 0 Å². The molecule has 0 radical (unpaired) electrons. The second kappa shape index (κ2) is 11.3. The molecule has 1 aliphatic heterocycles. The van der Waals surface area contributed by atoms with Crippen molar-refractivity contribution in [2.24, 2.45) is 5.92 Å². The third-order valence-corrected chi connectivity index (χ3v) is 7.73. The van der Waals surface area contributed by atoms with Crippen LogP contribution in [0.15, 0.2) is 48.0 Å². The molecule has 2 aromatic carbocycles. The van der Waals surface area contributed by atoms with Crippen molar-refractivity contribution in [1.82, 2.24) is 10.2 Å². The lowest BCUT2D eigenvalue weighted by Gasteiger charge is -2.41. The first-order valence-corrected chi connectivity index (χ1v) is 13.3. The maximum atomic E-state index is 13.7. The molecule has 0 bridgehead atoms. The Morgan fingerprint density at radius 2 is 1.85 bits per heavy atom. The molecule has 4 atom stereocenters. The van der Waals surface area contributed by atoms with Gasteiger partial charge in [-0.25, -0.2) is 0 Å². The summed E-state index contributed by atoms with van der Waals surface area (Å²) in [4.78, 5) is 28.5. The molecule has 2 amide bonds. The number of hydrogen-bond acceptors (Lipinski definition) is 7. The van der Waals surface area contributed by atoms with Gasteiger partial charge in [0.05, 0.1) is 37.8 Å². The third-order valence-electron chi connectivity index (χ3n) is 7.73. The van der Waals surface area contributed by atoms with Crippen LogP contribution in [-0.4, -0.2) is 77.1 Å². The van der Waals surface area contributed by atoms with Crippen molar-refractivity contribution in [2.45, 2.75) is 49.8 Å². The van der Waals surface area contributed by atoms with Gasteiger partial charge in [-0.05, 0) is 66.8 Å². The number of carbonyl (C=O) groups is 2. The number of carbonyl (C=O) groups excluding carboxylic acids is 2. The number of amides is 2. The number of ether oxygens (including phenoxy) is 2. The molecule has 0 aromatic heterocycles. The van der Waals surface area contributed by atoms with Gasteiger partial charge in [0.2, 0.25) is 5.91 Å². The summed E-state index contributed by atoms with van der Waals surface area (Å²) in [5.41, 5.74) is 0.334. The average molecular weight is 577 g/mol. The molecule has 9 nitrogen and oxygen atoms in total. The summed E-state index contributed by atoms with van der Waals surface area (Å²) in [6, 6.07) is 6.08. The Hall–Kier alpha value is -3.61. The molecule has 1 saturated carbocycles. The van der Waals surface area contributed by atoms with E-state index in [0.717, 1.165) is 37.1 Å². The van der Waals surface area contributed by atoms with Gasteiger partial charge >= 0.3 is 6.18 Å². The summed E-state index contributed by atoms with van der Waals surface area (Å²) >= 11 is 0. The summed E-state index contributed by atoms with van der Waals surface area (Å²) in [7, 11) is 1.42. The first-order valence-electron chi connectivity index (χ1n) is 13.3. The van der Waals surface area contributed by atoms with Gasteiger partial charge < -0.3 is 35.0 Å². The van der Waals surface area contributed by atoms with E-state index in [1.165, 1.54) is 18.1 Å². The fourth-order valence-electron chi connectivity index (χ4n) is 5.51. The largest absolute Gasteiger partial charge is 0.493 e. The molecule has 220 valence electrons. The molecule has 1 heterocycles. The molecule has 0 saturated heterocycles.